The van der Waals surface area contributed by atoms with Crippen molar-refractivity contribution in [1.29, 1.82) is 0 Å². The van der Waals surface area contributed by atoms with Crippen LogP contribution in [-0.4, -0.2) is 25.2 Å². The Morgan fingerprint density at radius 2 is 2.14 bits per heavy atom. The number of benzene rings is 1. The van der Waals surface area contributed by atoms with E-state index in [-0.39, 0.29) is 5.75 Å². The highest BCUT2D eigenvalue weighted by Gasteiger charge is 2.08. The van der Waals surface area contributed by atoms with Crippen molar-refractivity contribution in [2.24, 2.45) is 0 Å². The fraction of sp³-hybridized carbons (Fsp3) is 0.222. The van der Waals surface area contributed by atoms with Crippen molar-refractivity contribution in [3.63, 3.8) is 0 Å². The first-order valence-electron chi connectivity index (χ1n) is 3.89. The number of nitrogens with one attached hydrogen (secondary N) is 1. The third kappa shape index (κ3) is 2.14. The van der Waals surface area contributed by atoms with Gasteiger partial charge in [-0.3, -0.25) is 9.63 Å². The summed E-state index contributed by atoms with van der Waals surface area (Å²) in [5, 5.41) is 9.36. The van der Waals surface area contributed by atoms with E-state index in [1.165, 1.54) is 32.4 Å². The van der Waals surface area contributed by atoms with Crippen molar-refractivity contribution in [2.45, 2.75) is 0 Å². The molecule has 0 saturated heterocycles. The normalized spacial score (nSPS) is 9.57. The van der Waals surface area contributed by atoms with Crippen molar-refractivity contribution in [3.05, 3.63) is 23.8 Å². The topological polar surface area (TPSA) is 67.8 Å². The summed E-state index contributed by atoms with van der Waals surface area (Å²) in [6, 6.07) is 4.32. The van der Waals surface area contributed by atoms with Crippen LogP contribution in [0, 0.1) is 0 Å². The van der Waals surface area contributed by atoms with Gasteiger partial charge in [0.25, 0.3) is 5.91 Å². The Morgan fingerprint density at radius 1 is 1.43 bits per heavy atom. The van der Waals surface area contributed by atoms with Crippen LogP contribution in [0.25, 0.3) is 0 Å². The Kier molecular flexibility index (Phi) is 3.30. The van der Waals surface area contributed by atoms with E-state index in [1.54, 1.807) is 0 Å². The van der Waals surface area contributed by atoms with E-state index in [4.69, 9.17) is 4.74 Å². The molecule has 0 aliphatic heterocycles. The molecule has 0 saturated carbocycles. The number of amides is 1. The second-order valence-electron chi connectivity index (χ2n) is 2.52. The van der Waals surface area contributed by atoms with Gasteiger partial charge in [0.1, 0.15) is 0 Å². The molecule has 1 aromatic carbocycles. The van der Waals surface area contributed by atoms with E-state index < -0.39 is 5.91 Å². The minimum Gasteiger partial charge on any atom is -0.504 e. The maximum absolute atomic E-state index is 11.2. The fourth-order valence-corrected chi connectivity index (χ4v) is 0.983. The smallest absolute Gasteiger partial charge is 0.274 e. The Morgan fingerprint density at radius 3 is 2.64 bits per heavy atom. The molecular weight excluding hydrogens is 186 g/mol. The van der Waals surface area contributed by atoms with Gasteiger partial charge in [0.05, 0.1) is 14.2 Å². The highest BCUT2D eigenvalue weighted by Crippen LogP contribution is 2.25. The molecule has 0 aliphatic carbocycles. The monoisotopic (exact) mass is 197 g/mol. The summed E-state index contributed by atoms with van der Waals surface area (Å²) in [6.45, 7) is 0. The molecule has 0 unspecified atom stereocenters. The summed E-state index contributed by atoms with van der Waals surface area (Å²) in [5.74, 6) is -0.194. The van der Waals surface area contributed by atoms with E-state index in [2.05, 4.69) is 10.3 Å². The van der Waals surface area contributed by atoms with E-state index in [1.807, 2.05) is 0 Å². The van der Waals surface area contributed by atoms with Crippen LogP contribution in [0.2, 0.25) is 0 Å². The minimum atomic E-state index is -0.426. The SMILES string of the molecule is CONC(=O)c1ccc(OC)c(O)c1. The van der Waals surface area contributed by atoms with Gasteiger partial charge in [-0.1, -0.05) is 0 Å². The second-order valence-corrected chi connectivity index (χ2v) is 2.52. The number of hydrogen-bond donors (Lipinski definition) is 2. The Labute approximate surface area is 81.2 Å². The minimum absolute atomic E-state index is 0.0868. The molecule has 2 N–H and O–H groups in total. The van der Waals surface area contributed by atoms with E-state index in [9.17, 15) is 9.90 Å². The van der Waals surface area contributed by atoms with Crippen molar-refractivity contribution in [1.82, 2.24) is 5.48 Å². The predicted octanol–water partition coefficient (Wildman–Crippen LogP) is 0.692. The molecule has 5 heteroatoms. The van der Waals surface area contributed by atoms with Gasteiger partial charge in [-0.15, -0.1) is 0 Å². The van der Waals surface area contributed by atoms with Crippen LogP contribution >= 0.6 is 0 Å². The number of rotatable bonds is 3. The van der Waals surface area contributed by atoms with E-state index in [0.29, 0.717) is 11.3 Å². The number of hydrogen-bond acceptors (Lipinski definition) is 4. The summed E-state index contributed by atoms with van der Waals surface area (Å²) < 4.78 is 4.83. The van der Waals surface area contributed by atoms with Crippen LogP contribution in [0.4, 0.5) is 0 Å². The van der Waals surface area contributed by atoms with Gasteiger partial charge in [-0.25, -0.2) is 5.48 Å². The van der Waals surface area contributed by atoms with Crippen molar-refractivity contribution >= 4 is 5.91 Å². The molecule has 76 valence electrons. The van der Waals surface area contributed by atoms with Gasteiger partial charge in [-0.2, -0.15) is 0 Å². The molecule has 0 spiro atoms. The molecule has 1 amide bonds. The van der Waals surface area contributed by atoms with Gasteiger partial charge in [0.2, 0.25) is 0 Å². The second kappa shape index (κ2) is 4.48. The lowest BCUT2D eigenvalue weighted by Crippen LogP contribution is -2.21. The lowest BCUT2D eigenvalue weighted by molar-refractivity contribution is 0.0537. The quantitative estimate of drug-likeness (QED) is 0.699. The number of phenolic OH excluding ortho intramolecular Hbond substituents is 1. The number of aromatic hydroxyl groups is 1. The highest BCUT2D eigenvalue weighted by atomic mass is 16.6. The highest BCUT2D eigenvalue weighted by molar-refractivity contribution is 5.94. The number of phenols is 1. The molecule has 0 atom stereocenters. The summed E-state index contributed by atoms with van der Waals surface area (Å²) in [7, 11) is 2.77. The third-order valence-corrected chi connectivity index (χ3v) is 1.64. The zero-order chi connectivity index (χ0) is 10.6. The van der Waals surface area contributed by atoms with Gasteiger partial charge in [0, 0.05) is 5.56 Å². The van der Waals surface area contributed by atoms with Crippen molar-refractivity contribution < 1.29 is 19.5 Å². The van der Waals surface area contributed by atoms with Crippen molar-refractivity contribution in [3.8, 4) is 11.5 Å². The van der Waals surface area contributed by atoms with Crippen LogP contribution in [-0.2, 0) is 4.84 Å². The van der Waals surface area contributed by atoms with Gasteiger partial charge in [0.15, 0.2) is 11.5 Å². The zero-order valence-corrected chi connectivity index (χ0v) is 7.90. The van der Waals surface area contributed by atoms with E-state index in [0.717, 1.165) is 0 Å². The predicted molar refractivity (Wildman–Crippen MR) is 49.1 cm³/mol. The van der Waals surface area contributed by atoms with Crippen molar-refractivity contribution in [2.75, 3.05) is 14.2 Å². The van der Waals surface area contributed by atoms with Crippen LogP contribution in [0.5, 0.6) is 11.5 Å². The van der Waals surface area contributed by atoms with Crippen LogP contribution in [0.3, 0.4) is 0 Å². The molecule has 5 nitrogen and oxygen atoms in total. The molecular formula is C9H11NO4. The number of ether oxygens (including phenoxy) is 1. The Bertz CT molecular complexity index is 338. The summed E-state index contributed by atoms with van der Waals surface area (Å²) in [5.41, 5.74) is 2.43. The fourth-order valence-electron chi connectivity index (χ4n) is 0.983. The Hall–Kier alpha value is -1.75. The summed E-state index contributed by atoms with van der Waals surface area (Å²) in [4.78, 5) is 15.7. The van der Waals surface area contributed by atoms with Gasteiger partial charge in [-0.05, 0) is 18.2 Å². The molecule has 0 bridgehead atoms. The number of methoxy groups -OCH3 is 1. The average Bonchev–Trinajstić information content (AvgIpc) is 2.18. The largest absolute Gasteiger partial charge is 0.504 e. The first kappa shape index (κ1) is 10.3. The molecule has 0 aromatic heterocycles. The van der Waals surface area contributed by atoms with E-state index >= 15 is 0 Å². The number of carbonyl (C=O) groups is 1. The van der Waals surface area contributed by atoms with Crippen LogP contribution in [0.1, 0.15) is 10.4 Å². The summed E-state index contributed by atoms with van der Waals surface area (Å²) >= 11 is 0. The van der Waals surface area contributed by atoms with Gasteiger partial charge < -0.3 is 9.84 Å². The van der Waals surface area contributed by atoms with Gasteiger partial charge >= 0.3 is 0 Å². The maximum Gasteiger partial charge on any atom is 0.274 e. The number of hydroxylamine groups is 1. The van der Waals surface area contributed by atoms with Crippen LogP contribution < -0.4 is 10.2 Å². The molecule has 0 aliphatic rings. The average molecular weight is 197 g/mol. The number of carbonyl (C=O) groups excluding carboxylic acids is 1. The molecule has 0 fully saturated rings. The third-order valence-electron chi connectivity index (χ3n) is 1.64. The first-order chi connectivity index (χ1) is 6.69. The molecule has 1 aromatic rings. The lowest BCUT2D eigenvalue weighted by atomic mass is 10.2. The summed E-state index contributed by atoms with van der Waals surface area (Å²) in [6.07, 6.45) is 0. The standard InChI is InChI=1S/C9H11NO4/c1-13-8-4-3-6(5-7(8)11)9(12)10-14-2/h3-5,11H,1-2H3,(H,10,12). The molecule has 14 heavy (non-hydrogen) atoms. The maximum atomic E-state index is 11.2. The first-order valence-corrected chi connectivity index (χ1v) is 3.89. The van der Waals surface area contributed by atoms with Crippen LogP contribution in [0.15, 0.2) is 18.2 Å². The lowest BCUT2D eigenvalue weighted by Gasteiger charge is -2.05. The molecule has 0 radical (unpaired) electrons. The molecule has 1 rings (SSSR count). The molecule has 0 heterocycles. The zero-order valence-electron chi connectivity index (χ0n) is 7.90. The Balaban J connectivity index is 2.91.